The topological polar surface area (TPSA) is 119 Å². The predicted octanol–water partition coefficient (Wildman–Crippen LogP) is 1.01. The van der Waals surface area contributed by atoms with Crippen molar-refractivity contribution in [3.8, 4) is 6.07 Å². The molecule has 0 spiro atoms. The normalized spacial score (nSPS) is 10.8. The van der Waals surface area contributed by atoms with Gasteiger partial charge in [0.1, 0.15) is 5.69 Å². The van der Waals surface area contributed by atoms with Crippen LogP contribution in [-0.2, 0) is 0 Å². The van der Waals surface area contributed by atoms with E-state index in [4.69, 9.17) is 5.26 Å². The SMILES string of the molecule is CCC(CO)(CO)Nc1cc(C#N)ccc1[N+](=O)[O-]. The van der Waals surface area contributed by atoms with Gasteiger partial charge in [-0.15, -0.1) is 0 Å². The van der Waals surface area contributed by atoms with Crippen molar-refractivity contribution in [2.75, 3.05) is 18.5 Å². The number of rotatable bonds is 6. The van der Waals surface area contributed by atoms with Gasteiger partial charge in [-0.2, -0.15) is 5.26 Å². The molecule has 0 saturated carbocycles. The standard InChI is InChI=1S/C12H15N3O4/c1-2-12(7-16,8-17)14-10-5-9(6-13)3-4-11(10)15(18)19/h3-5,14,16-17H,2,7-8H2,1H3. The number of benzene rings is 1. The second-order valence-electron chi connectivity index (χ2n) is 4.18. The molecule has 1 aromatic carbocycles. The number of nitriles is 1. The largest absolute Gasteiger partial charge is 0.394 e. The fourth-order valence-corrected chi connectivity index (χ4v) is 1.59. The summed E-state index contributed by atoms with van der Waals surface area (Å²) in [6.07, 6.45) is 0.369. The van der Waals surface area contributed by atoms with Gasteiger partial charge in [0.2, 0.25) is 0 Å². The minimum atomic E-state index is -1.06. The minimum absolute atomic E-state index is 0.106. The van der Waals surface area contributed by atoms with Crippen molar-refractivity contribution in [2.45, 2.75) is 18.9 Å². The molecule has 0 amide bonds. The first kappa shape index (κ1) is 14.9. The molecule has 1 rings (SSSR count). The molecular formula is C12H15N3O4. The van der Waals surface area contributed by atoms with Crippen LogP contribution in [0.25, 0.3) is 0 Å². The van der Waals surface area contributed by atoms with E-state index in [9.17, 15) is 20.3 Å². The molecule has 0 saturated heterocycles. The van der Waals surface area contributed by atoms with Gasteiger partial charge in [0, 0.05) is 6.07 Å². The molecule has 0 bridgehead atoms. The zero-order valence-electron chi connectivity index (χ0n) is 10.5. The number of aliphatic hydroxyl groups is 2. The highest BCUT2D eigenvalue weighted by Crippen LogP contribution is 2.29. The molecular weight excluding hydrogens is 250 g/mol. The van der Waals surface area contributed by atoms with Crippen LogP contribution < -0.4 is 5.32 Å². The number of aliphatic hydroxyl groups excluding tert-OH is 2. The van der Waals surface area contributed by atoms with Gasteiger partial charge in [-0.25, -0.2) is 0 Å². The zero-order valence-corrected chi connectivity index (χ0v) is 10.5. The maximum absolute atomic E-state index is 10.9. The van der Waals surface area contributed by atoms with Crippen LogP contribution in [-0.4, -0.2) is 33.9 Å². The summed E-state index contributed by atoms with van der Waals surface area (Å²) in [6.45, 7) is 0.974. The molecule has 0 aliphatic carbocycles. The Labute approximate surface area is 110 Å². The fraction of sp³-hybridized carbons (Fsp3) is 0.417. The Bertz CT molecular complexity index is 498. The number of hydrogen-bond donors (Lipinski definition) is 3. The van der Waals surface area contributed by atoms with Crippen molar-refractivity contribution >= 4 is 11.4 Å². The molecule has 0 atom stereocenters. The predicted molar refractivity (Wildman–Crippen MR) is 68.6 cm³/mol. The average molecular weight is 265 g/mol. The molecule has 7 heteroatoms. The van der Waals surface area contributed by atoms with E-state index in [-0.39, 0.29) is 30.2 Å². The summed E-state index contributed by atoms with van der Waals surface area (Å²) in [5.74, 6) is 0. The molecule has 19 heavy (non-hydrogen) atoms. The monoisotopic (exact) mass is 265 g/mol. The van der Waals surface area contributed by atoms with Crippen LogP contribution in [0.3, 0.4) is 0 Å². The summed E-state index contributed by atoms with van der Waals surface area (Å²) in [7, 11) is 0. The molecule has 0 unspecified atom stereocenters. The second kappa shape index (κ2) is 6.13. The second-order valence-corrected chi connectivity index (χ2v) is 4.18. The van der Waals surface area contributed by atoms with Gasteiger partial charge in [0.15, 0.2) is 0 Å². The number of hydrogen-bond acceptors (Lipinski definition) is 6. The average Bonchev–Trinajstić information content (AvgIpc) is 2.44. The van der Waals surface area contributed by atoms with Crippen molar-refractivity contribution in [1.29, 1.82) is 5.26 Å². The molecule has 0 fully saturated rings. The van der Waals surface area contributed by atoms with Crippen LogP contribution in [0.4, 0.5) is 11.4 Å². The number of nitro groups is 1. The van der Waals surface area contributed by atoms with Crippen LogP contribution in [0.2, 0.25) is 0 Å². The van der Waals surface area contributed by atoms with E-state index in [0.717, 1.165) is 0 Å². The third kappa shape index (κ3) is 3.19. The first-order chi connectivity index (χ1) is 9.01. The Kier molecular flexibility index (Phi) is 4.80. The van der Waals surface area contributed by atoms with E-state index in [1.54, 1.807) is 6.92 Å². The lowest BCUT2D eigenvalue weighted by Gasteiger charge is -2.30. The lowest BCUT2D eigenvalue weighted by atomic mass is 9.97. The van der Waals surface area contributed by atoms with Crippen molar-refractivity contribution in [3.05, 3.63) is 33.9 Å². The molecule has 0 aromatic heterocycles. The highest BCUT2D eigenvalue weighted by atomic mass is 16.6. The number of nitrogens with one attached hydrogen (secondary N) is 1. The molecule has 0 radical (unpaired) electrons. The Morgan fingerprint density at radius 1 is 1.47 bits per heavy atom. The summed E-state index contributed by atoms with van der Waals surface area (Å²) >= 11 is 0. The van der Waals surface area contributed by atoms with Crippen LogP contribution in [0.1, 0.15) is 18.9 Å². The van der Waals surface area contributed by atoms with Crippen LogP contribution >= 0.6 is 0 Å². The van der Waals surface area contributed by atoms with E-state index in [1.807, 2.05) is 6.07 Å². The van der Waals surface area contributed by atoms with Crippen molar-refractivity contribution in [3.63, 3.8) is 0 Å². The summed E-state index contributed by atoms with van der Waals surface area (Å²) in [5.41, 5.74) is -0.902. The first-order valence-corrected chi connectivity index (χ1v) is 5.70. The van der Waals surface area contributed by atoms with Crippen LogP contribution in [0.15, 0.2) is 18.2 Å². The number of nitro benzene ring substituents is 1. The van der Waals surface area contributed by atoms with Crippen LogP contribution in [0, 0.1) is 21.4 Å². The van der Waals surface area contributed by atoms with Crippen molar-refractivity contribution in [1.82, 2.24) is 0 Å². The van der Waals surface area contributed by atoms with Crippen molar-refractivity contribution < 1.29 is 15.1 Å². The number of anilines is 1. The maximum Gasteiger partial charge on any atom is 0.292 e. The van der Waals surface area contributed by atoms with Gasteiger partial charge in [-0.05, 0) is 18.6 Å². The van der Waals surface area contributed by atoms with E-state index in [1.165, 1.54) is 18.2 Å². The van der Waals surface area contributed by atoms with E-state index < -0.39 is 10.5 Å². The molecule has 0 heterocycles. The summed E-state index contributed by atoms with van der Waals surface area (Å²) < 4.78 is 0. The summed E-state index contributed by atoms with van der Waals surface area (Å²) in [5, 5.41) is 41.2. The van der Waals surface area contributed by atoms with Gasteiger partial charge in [0.25, 0.3) is 5.69 Å². The molecule has 102 valence electrons. The van der Waals surface area contributed by atoms with Gasteiger partial charge in [-0.3, -0.25) is 10.1 Å². The molecule has 3 N–H and O–H groups in total. The van der Waals surface area contributed by atoms with Crippen LogP contribution in [0.5, 0.6) is 0 Å². The molecule has 7 nitrogen and oxygen atoms in total. The highest BCUT2D eigenvalue weighted by Gasteiger charge is 2.29. The Morgan fingerprint density at radius 2 is 2.11 bits per heavy atom. The Balaban J connectivity index is 3.24. The molecule has 0 aliphatic heterocycles. The number of nitrogens with zero attached hydrogens (tertiary/aromatic N) is 2. The van der Waals surface area contributed by atoms with E-state index in [0.29, 0.717) is 6.42 Å². The lowest BCUT2D eigenvalue weighted by molar-refractivity contribution is -0.384. The van der Waals surface area contributed by atoms with Crippen molar-refractivity contribution in [2.24, 2.45) is 0 Å². The first-order valence-electron chi connectivity index (χ1n) is 5.70. The highest BCUT2D eigenvalue weighted by molar-refractivity contribution is 5.65. The zero-order chi connectivity index (χ0) is 14.5. The lowest BCUT2D eigenvalue weighted by Crippen LogP contribution is -2.45. The van der Waals surface area contributed by atoms with Gasteiger partial charge < -0.3 is 15.5 Å². The maximum atomic E-state index is 10.9. The third-order valence-corrected chi connectivity index (χ3v) is 3.00. The third-order valence-electron chi connectivity index (χ3n) is 3.00. The van der Waals surface area contributed by atoms with Gasteiger partial charge in [0.05, 0.1) is 35.3 Å². The molecule has 1 aromatic rings. The molecule has 0 aliphatic rings. The van der Waals surface area contributed by atoms with Gasteiger partial charge in [-0.1, -0.05) is 6.92 Å². The summed E-state index contributed by atoms with van der Waals surface area (Å²) in [6, 6.07) is 5.77. The fourth-order valence-electron chi connectivity index (χ4n) is 1.59. The smallest absolute Gasteiger partial charge is 0.292 e. The van der Waals surface area contributed by atoms with E-state index >= 15 is 0 Å². The quantitative estimate of drug-likeness (QED) is 0.521. The Morgan fingerprint density at radius 3 is 2.53 bits per heavy atom. The minimum Gasteiger partial charge on any atom is -0.394 e. The van der Waals surface area contributed by atoms with Gasteiger partial charge >= 0.3 is 0 Å². The van der Waals surface area contributed by atoms with E-state index in [2.05, 4.69) is 5.32 Å². The Hall–Kier alpha value is -2.17. The summed E-state index contributed by atoms with van der Waals surface area (Å²) in [4.78, 5) is 10.3.